The summed E-state index contributed by atoms with van der Waals surface area (Å²) in [7, 11) is 0. The van der Waals surface area contributed by atoms with E-state index >= 15 is 0 Å². The van der Waals surface area contributed by atoms with Gasteiger partial charge in [0.15, 0.2) is 11.5 Å². The average Bonchev–Trinajstić information content (AvgIpc) is 3.24. The second-order valence-electron chi connectivity index (χ2n) is 4.82. The van der Waals surface area contributed by atoms with Gasteiger partial charge in [-0.1, -0.05) is 6.07 Å². The van der Waals surface area contributed by atoms with Gasteiger partial charge >= 0.3 is 0 Å². The van der Waals surface area contributed by atoms with Crippen molar-refractivity contribution in [3.8, 4) is 11.3 Å². The topological polar surface area (TPSA) is 72.2 Å². The summed E-state index contributed by atoms with van der Waals surface area (Å²) in [6.45, 7) is 0. The second kappa shape index (κ2) is 5.62. The highest BCUT2D eigenvalue weighted by atomic mass is 32.1. The van der Waals surface area contributed by atoms with E-state index in [1.807, 2.05) is 35.7 Å². The van der Waals surface area contributed by atoms with Crippen LogP contribution in [-0.4, -0.2) is 25.5 Å². The molecule has 0 fully saturated rings. The standard InChI is InChI=1S/C16H11N5OS/c22-16(13-4-2-8-23-13)19-14-10-21-15(18-14)6-5-12(20-21)11-3-1-7-17-9-11/h1-10H,(H,19,22). The van der Waals surface area contributed by atoms with Gasteiger partial charge < -0.3 is 5.32 Å². The molecule has 4 aromatic rings. The van der Waals surface area contributed by atoms with Crippen LogP contribution in [0.5, 0.6) is 0 Å². The minimum atomic E-state index is -0.170. The van der Waals surface area contributed by atoms with Gasteiger partial charge in [-0.15, -0.1) is 11.3 Å². The lowest BCUT2D eigenvalue weighted by molar-refractivity contribution is 0.103. The molecule has 0 unspecified atom stereocenters. The quantitative estimate of drug-likeness (QED) is 0.629. The molecule has 0 spiro atoms. The van der Waals surface area contributed by atoms with Crippen molar-refractivity contribution in [1.82, 2.24) is 19.6 Å². The van der Waals surface area contributed by atoms with Gasteiger partial charge in [-0.2, -0.15) is 5.10 Å². The van der Waals surface area contributed by atoms with Crippen LogP contribution in [0.4, 0.5) is 5.82 Å². The van der Waals surface area contributed by atoms with Crippen molar-refractivity contribution < 1.29 is 4.79 Å². The third-order valence-electron chi connectivity index (χ3n) is 3.26. The lowest BCUT2D eigenvalue weighted by atomic mass is 10.2. The highest BCUT2D eigenvalue weighted by molar-refractivity contribution is 7.12. The van der Waals surface area contributed by atoms with Crippen LogP contribution in [0.25, 0.3) is 16.9 Å². The van der Waals surface area contributed by atoms with E-state index in [2.05, 4.69) is 20.4 Å². The molecule has 0 aliphatic carbocycles. The average molecular weight is 321 g/mol. The van der Waals surface area contributed by atoms with Crippen molar-refractivity contribution in [3.63, 3.8) is 0 Å². The first-order chi connectivity index (χ1) is 11.3. The number of nitrogens with one attached hydrogen (secondary N) is 1. The smallest absolute Gasteiger partial charge is 0.266 e. The number of imidazole rings is 1. The number of carbonyl (C=O) groups is 1. The molecule has 0 atom stereocenters. The summed E-state index contributed by atoms with van der Waals surface area (Å²) < 4.78 is 1.65. The summed E-state index contributed by atoms with van der Waals surface area (Å²) in [6, 6.07) is 11.2. The molecular formula is C16H11N5OS. The van der Waals surface area contributed by atoms with E-state index in [0.717, 1.165) is 11.3 Å². The van der Waals surface area contributed by atoms with Crippen molar-refractivity contribution in [2.45, 2.75) is 0 Å². The Hall–Kier alpha value is -3.06. The summed E-state index contributed by atoms with van der Waals surface area (Å²) >= 11 is 1.39. The molecule has 7 heteroatoms. The van der Waals surface area contributed by atoms with Crippen LogP contribution in [0.2, 0.25) is 0 Å². The largest absolute Gasteiger partial charge is 0.304 e. The normalized spacial score (nSPS) is 10.8. The first kappa shape index (κ1) is 13.6. The molecule has 0 saturated heterocycles. The van der Waals surface area contributed by atoms with E-state index in [4.69, 9.17) is 0 Å². The molecule has 112 valence electrons. The lowest BCUT2D eigenvalue weighted by Gasteiger charge is -1.99. The molecule has 23 heavy (non-hydrogen) atoms. The van der Waals surface area contributed by atoms with E-state index in [9.17, 15) is 4.79 Å². The van der Waals surface area contributed by atoms with Gasteiger partial charge in [0.05, 0.1) is 16.8 Å². The Morgan fingerprint density at radius 1 is 1.17 bits per heavy atom. The van der Waals surface area contributed by atoms with Crippen molar-refractivity contribution in [3.05, 3.63) is 65.2 Å². The monoisotopic (exact) mass is 321 g/mol. The Morgan fingerprint density at radius 3 is 2.91 bits per heavy atom. The Labute approximate surface area is 135 Å². The molecule has 0 bridgehead atoms. The summed E-state index contributed by atoms with van der Waals surface area (Å²) in [5.41, 5.74) is 2.38. The van der Waals surface area contributed by atoms with Crippen molar-refractivity contribution in [1.29, 1.82) is 0 Å². The van der Waals surface area contributed by atoms with E-state index < -0.39 is 0 Å². The molecule has 1 amide bonds. The van der Waals surface area contributed by atoms with Crippen LogP contribution in [-0.2, 0) is 0 Å². The van der Waals surface area contributed by atoms with Crippen LogP contribution >= 0.6 is 11.3 Å². The Bertz CT molecular complexity index is 963. The minimum absolute atomic E-state index is 0.170. The summed E-state index contributed by atoms with van der Waals surface area (Å²) in [6.07, 6.45) is 5.17. The van der Waals surface area contributed by atoms with Gasteiger partial charge in [-0.25, -0.2) is 9.50 Å². The number of amides is 1. The maximum absolute atomic E-state index is 12.1. The van der Waals surface area contributed by atoms with Crippen LogP contribution in [0, 0.1) is 0 Å². The first-order valence-electron chi connectivity index (χ1n) is 6.91. The number of rotatable bonds is 3. The Morgan fingerprint density at radius 2 is 2.13 bits per heavy atom. The molecule has 0 aliphatic rings. The molecule has 4 rings (SSSR count). The molecule has 0 saturated carbocycles. The maximum Gasteiger partial charge on any atom is 0.266 e. The van der Waals surface area contributed by atoms with Gasteiger partial charge in [0.2, 0.25) is 0 Å². The fourth-order valence-electron chi connectivity index (χ4n) is 2.20. The summed E-state index contributed by atoms with van der Waals surface area (Å²) in [5.74, 6) is 0.301. The zero-order valence-electron chi connectivity index (χ0n) is 11.9. The van der Waals surface area contributed by atoms with E-state index in [0.29, 0.717) is 16.3 Å². The van der Waals surface area contributed by atoms with Crippen molar-refractivity contribution in [2.75, 3.05) is 5.32 Å². The van der Waals surface area contributed by atoms with Crippen LogP contribution in [0.3, 0.4) is 0 Å². The van der Waals surface area contributed by atoms with E-state index in [-0.39, 0.29) is 5.91 Å². The lowest BCUT2D eigenvalue weighted by Crippen LogP contribution is -2.10. The maximum atomic E-state index is 12.1. The fourth-order valence-corrected chi connectivity index (χ4v) is 2.82. The highest BCUT2D eigenvalue weighted by Gasteiger charge is 2.10. The third-order valence-corrected chi connectivity index (χ3v) is 4.13. The summed E-state index contributed by atoms with van der Waals surface area (Å²) in [4.78, 5) is 21.2. The Balaban J connectivity index is 1.64. The van der Waals surface area contributed by atoms with Crippen molar-refractivity contribution in [2.24, 2.45) is 0 Å². The molecule has 0 aliphatic heterocycles. The molecular weight excluding hydrogens is 310 g/mol. The Kier molecular flexibility index (Phi) is 3.32. The highest BCUT2D eigenvalue weighted by Crippen LogP contribution is 2.18. The third kappa shape index (κ3) is 2.69. The number of nitrogens with zero attached hydrogens (tertiary/aromatic N) is 4. The predicted molar refractivity (Wildman–Crippen MR) is 88.5 cm³/mol. The molecule has 4 aromatic heterocycles. The van der Waals surface area contributed by atoms with Gasteiger partial charge in [0.1, 0.15) is 0 Å². The number of thiophene rings is 1. The molecule has 1 N–H and O–H groups in total. The number of hydrogen-bond donors (Lipinski definition) is 1. The van der Waals surface area contributed by atoms with Crippen molar-refractivity contribution >= 4 is 28.7 Å². The van der Waals surface area contributed by atoms with Gasteiger partial charge in [-0.05, 0) is 35.7 Å². The molecule has 4 heterocycles. The number of aromatic nitrogens is 4. The van der Waals surface area contributed by atoms with Gasteiger partial charge in [0, 0.05) is 18.0 Å². The zero-order valence-corrected chi connectivity index (χ0v) is 12.7. The van der Waals surface area contributed by atoms with E-state index in [1.165, 1.54) is 11.3 Å². The second-order valence-corrected chi connectivity index (χ2v) is 5.77. The molecule has 6 nitrogen and oxygen atoms in total. The SMILES string of the molecule is O=C(Nc1cn2nc(-c3cccnc3)ccc2n1)c1cccs1. The van der Waals surface area contributed by atoms with E-state index in [1.54, 1.807) is 29.2 Å². The number of carbonyl (C=O) groups excluding carboxylic acids is 1. The number of anilines is 1. The number of fused-ring (bicyclic) bond motifs is 1. The van der Waals surface area contributed by atoms with Gasteiger partial charge in [-0.3, -0.25) is 9.78 Å². The number of pyridine rings is 1. The minimum Gasteiger partial charge on any atom is -0.304 e. The van der Waals surface area contributed by atoms with Crippen LogP contribution in [0.1, 0.15) is 9.67 Å². The van der Waals surface area contributed by atoms with Crippen LogP contribution < -0.4 is 5.32 Å². The summed E-state index contributed by atoms with van der Waals surface area (Å²) in [5, 5.41) is 9.14. The zero-order chi connectivity index (χ0) is 15.6. The predicted octanol–water partition coefficient (Wildman–Crippen LogP) is 3.11. The molecule has 0 aromatic carbocycles. The fraction of sp³-hybridized carbons (Fsp3) is 0. The number of hydrogen-bond acceptors (Lipinski definition) is 5. The van der Waals surface area contributed by atoms with Crippen LogP contribution in [0.15, 0.2) is 60.4 Å². The van der Waals surface area contributed by atoms with Gasteiger partial charge in [0.25, 0.3) is 5.91 Å². The first-order valence-corrected chi connectivity index (χ1v) is 7.79. The molecule has 0 radical (unpaired) electrons.